The van der Waals surface area contributed by atoms with E-state index in [1.54, 1.807) is 0 Å². The second kappa shape index (κ2) is 17.7. The first kappa shape index (κ1) is 42.1. The predicted molar refractivity (Wildman–Crippen MR) is 213 cm³/mol. The Morgan fingerprint density at radius 3 is 2.15 bits per heavy atom. The van der Waals surface area contributed by atoms with Crippen LogP contribution in [0.4, 0.5) is 0 Å². The van der Waals surface area contributed by atoms with Gasteiger partial charge in [0.2, 0.25) is 12.4 Å². The number of rotatable bonds is 17. The van der Waals surface area contributed by atoms with Crippen molar-refractivity contribution >= 4 is 41.4 Å². The maximum Gasteiger partial charge on any atom is 0.305 e. The van der Waals surface area contributed by atoms with Gasteiger partial charge in [-0.05, 0) is 97.2 Å². The molecule has 4 fully saturated rings. The van der Waals surface area contributed by atoms with Gasteiger partial charge in [0.25, 0.3) is 5.91 Å². The lowest BCUT2D eigenvalue weighted by molar-refractivity contribution is -0.290. The van der Waals surface area contributed by atoms with Crippen LogP contribution < -0.4 is 15.4 Å². The molecule has 1 amide bonds. The van der Waals surface area contributed by atoms with E-state index in [1.807, 2.05) is 36.7 Å². The Bertz CT molecular complexity index is 2080. The highest BCUT2D eigenvalue weighted by Gasteiger charge is 2.55. The summed E-state index contributed by atoms with van der Waals surface area (Å²) in [7, 11) is 0. The molecule has 0 radical (unpaired) electrons. The monoisotopic (exact) mass is 831 g/mol. The van der Waals surface area contributed by atoms with Crippen LogP contribution in [0.1, 0.15) is 95.8 Å². The standard InChI is InChI=1S/C44H50ClN3O11/c1-25(49)54-37-38(55-26(2)50)40(56-27(3)51)42(57-28(4)52)59-39(37)41(53)47-20-7-15-43(16-17-43)30-10-13-35(45)29(22-30)23-48-44(18-19-44)34-24-46-21-14-32(34)33-8-5-6-9-36(33)58-31-11-12-31/h5-6,8-10,13-14,21-22,24,31,37-40,42,48H,7,11-12,15-20,23H2,1-4H3,(H,47,53)/t37-,38-,39-,40+,42?/m0/s1. The van der Waals surface area contributed by atoms with E-state index in [0.29, 0.717) is 18.0 Å². The minimum absolute atomic E-state index is 0.0805. The molecule has 5 atom stereocenters. The number of ether oxygens (including phenoxy) is 6. The van der Waals surface area contributed by atoms with E-state index < -0.39 is 60.5 Å². The van der Waals surface area contributed by atoms with Gasteiger partial charge in [-0.2, -0.15) is 0 Å². The normalized spacial score (nSPS) is 23.6. The Balaban J connectivity index is 0.997. The van der Waals surface area contributed by atoms with E-state index >= 15 is 0 Å². The van der Waals surface area contributed by atoms with Gasteiger partial charge in [0, 0.05) is 69.3 Å². The van der Waals surface area contributed by atoms with Crippen LogP contribution in [0.25, 0.3) is 11.1 Å². The third kappa shape index (κ3) is 10.0. The molecule has 314 valence electrons. The molecule has 59 heavy (non-hydrogen) atoms. The number of esters is 4. The lowest BCUT2D eigenvalue weighted by Crippen LogP contribution is -2.65. The van der Waals surface area contributed by atoms with Gasteiger partial charge in [-0.3, -0.25) is 29.0 Å². The molecule has 2 N–H and O–H groups in total. The average Bonchev–Trinajstić information content (AvgIpc) is 4.07. The molecular weight excluding hydrogens is 782 g/mol. The summed E-state index contributed by atoms with van der Waals surface area (Å²) in [5, 5.41) is 7.35. The number of para-hydroxylation sites is 1. The van der Waals surface area contributed by atoms with Gasteiger partial charge < -0.3 is 39.1 Å². The van der Waals surface area contributed by atoms with Crippen LogP contribution in [0.2, 0.25) is 5.02 Å². The van der Waals surface area contributed by atoms with Crippen molar-refractivity contribution in [1.29, 1.82) is 0 Å². The van der Waals surface area contributed by atoms with Crippen LogP contribution in [0.5, 0.6) is 5.75 Å². The van der Waals surface area contributed by atoms with Crippen LogP contribution in [-0.2, 0) is 65.2 Å². The minimum atomic E-state index is -1.63. The maximum atomic E-state index is 13.6. The van der Waals surface area contributed by atoms with Gasteiger partial charge in [0.1, 0.15) is 5.75 Å². The Labute approximate surface area is 347 Å². The molecule has 4 aliphatic rings. The fourth-order valence-electron chi connectivity index (χ4n) is 7.96. The first-order valence-electron chi connectivity index (χ1n) is 20.1. The number of carbonyl (C=O) groups excluding carboxylic acids is 5. The Morgan fingerprint density at radius 2 is 1.49 bits per heavy atom. The molecule has 3 aromatic rings. The Morgan fingerprint density at radius 1 is 0.814 bits per heavy atom. The summed E-state index contributed by atoms with van der Waals surface area (Å²) in [6.45, 7) is 5.22. The number of benzene rings is 2. The molecule has 14 nitrogen and oxygen atoms in total. The number of hydrogen-bond donors (Lipinski definition) is 2. The fourth-order valence-corrected chi connectivity index (χ4v) is 8.14. The first-order valence-corrected chi connectivity index (χ1v) is 20.5. The zero-order chi connectivity index (χ0) is 41.9. The highest BCUT2D eigenvalue weighted by molar-refractivity contribution is 6.31. The molecule has 0 bridgehead atoms. The van der Waals surface area contributed by atoms with E-state index in [2.05, 4.69) is 39.9 Å². The van der Waals surface area contributed by atoms with Crippen molar-refractivity contribution in [3.63, 3.8) is 0 Å². The maximum absolute atomic E-state index is 13.6. The smallest absolute Gasteiger partial charge is 0.305 e. The summed E-state index contributed by atoms with van der Waals surface area (Å²) >= 11 is 6.81. The van der Waals surface area contributed by atoms with Crippen molar-refractivity contribution in [2.24, 2.45) is 0 Å². The summed E-state index contributed by atoms with van der Waals surface area (Å²) in [6.07, 6.45) is 3.78. The summed E-state index contributed by atoms with van der Waals surface area (Å²) in [5.41, 5.74) is 5.19. The van der Waals surface area contributed by atoms with Crippen molar-refractivity contribution in [3.8, 4) is 16.9 Å². The van der Waals surface area contributed by atoms with Crippen molar-refractivity contribution in [1.82, 2.24) is 15.6 Å². The molecule has 1 saturated heterocycles. The number of hydrogen-bond acceptors (Lipinski definition) is 13. The summed E-state index contributed by atoms with van der Waals surface area (Å²) < 4.78 is 33.4. The Hall–Kier alpha value is -5.05. The second-order valence-corrected chi connectivity index (χ2v) is 16.3. The molecule has 1 aliphatic heterocycles. The Kier molecular flexibility index (Phi) is 12.6. The van der Waals surface area contributed by atoms with Crippen molar-refractivity contribution < 1.29 is 52.4 Å². The summed E-state index contributed by atoms with van der Waals surface area (Å²) in [5.74, 6) is -3.02. The van der Waals surface area contributed by atoms with Crippen molar-refractivity contribution in [2.45, 2.75) is 133 Å². The number of halogens is 1. The van der Waals surface area contributed by atoms with Crippen LogP contribution in [-0.4, -0.2) is 78.1 Å². The van der Waals surface area contributed by atoms with E-state index in [4.69, 9.17) is 40.0 Å². The minimum Gasteiger partial charge on any atom is -0.490 e. The van der Waals surface area contributed by atoms with Crippen LogP contribution in [0.3, 0.4) is 0 Å². The summed E-state index contributed by atoms with van der Waals surface area (Å²) in [4.78, 5) is 66.4. The van der Waals surface area contributed by atoms with Gasteiger partial charge >= 0.3 is 23.9 Å². The third-order valence-corrected chi connectivity index (χ3v) is 11.7. The number of aromatic nitrogens is 1. The van der Waals surface area contributed by atoms with Gasteiger partial charge in [-0.15, -0.1) is 0 Å². The molecule has 7 rings (SSSR count). The number of pyridine rings is 1. The number of amides is 1. The highest BCUT2D eigenvalue weighted by atomic mass is 35.5. The van der Waals surface area contributed by atoms with E-state index in [-0.39, 0.29) is 23.6 Å². The van der Waals surface area contributed by atoms with Crippen LogP contribution in [0.15, 0.2) is 60.9 Å². The van der Waals surface area contributed by atoms with Gasteiger partial charge in [0.15, 0.2) is 18.3 Å². The first-order chi connectivity index (χ1) is 28.3. The number of nitrogens with zero attached hydrogens (tertiary/aromatic N) is 1. The largest absolute Gasteiger partial charge is 0.490 e. The molecule has 1 aromatic heterocycles. The molecule has 15 heteroatoms. The summed E-state index contributed by atoms with van der Waals surface area (Å²) in [6, 6.07) is 16.5. The number of nitrogens with one attached hydrogen (secondary N) is 2. The van der Waals surface area contributed by atoms with Gasteiger partial charge in [-0.1, -0.05) is 41.9 Å². The second-order valence-electron chi connectivity index (χ2n) is 15.9. The van der Waals surface area contributed by atoms with E-state index in [9.17, 15) is 24.0 Å². The molecule has 1 unspecified atom stereocenters. The predicted octanol–water partition coefficient (Wildman–Crippen LogP) is 5.73. The van der Waals surface area contributed by atoms with Gasteiger partial charge in [-0.25, -0.2) is 0 Å². The van der Waals surface area contributed by atoms with E-state index in [1.165, 1.54) is 5.56 Å². The van der Waals surface area contributed by atoms with Crippen LogP contribution >= 0.6 is 11.6 Å². The van der Waals surface area contributed by atoms with Crippen LogP contribution in [0, 0.1) is 0 Å². The number of carbonyl (C=O) groups is 5. The topological polar surface area (TPSA) is 178 Å². The molecule has 3 saturated carbocycles. The zero-order valence-corrected chi connectivity index (χ0v) is 34.4. The quantitative estimate of drug-likeness (QED) is 0.0959. The molecule has 3 aliphatic carbocycles. The third-order valence-electron chi connectivity index (χ3n) is 11.3. The molecule has 2 heterocycles. The van der Waals surface area contributed by atoms with E-state index in [0.717, 1.165) is 101 Å². The zero-order valence-electron chi connectivity index (χ0n) is 33.6. The molecule has 2 aromatic carbocycles. The lowest BCUT2D eigenvalue weighted by atomic mass is 9.89. The molecular formula is C44H50ClN3O11. The molecule has 0 spiro atoms. The highest BCUT2D eigenvalue weighted by Crippen LogP contribution is 2.53. The SMILES string of the molecule is CC(=O)OC1O[C@H](C(=O)NCCCC2(c3ccc(Cl)c(CNC4(c5cnccc5-c5ccccc5OC5CC5)CC4)c3)CC2)[C@@H](OC(C)=O)[C@H](OC(C)=O)[C@H]1OC(C)=O. The van der Waals surface area contributed by atoms with Crippen molar-refractivity contribution in [3.05, 3.63) is 82.6 Å². The van der Waals surface area contributed by atoms with Gasteiger partial charge in [0.05, 0.1) is 6.10 Å². The van der Waals surface area contributed by atoms with Crippen molar-refractivity contribution in [2.75, 3.05) is 6.54 Å². The average molecular weight is 832 g/mol. The fraction of sp³-hybridized carbons (Fsp3) is 0.500. The lowest BCUT2D eigenvalue weighted by Gasteiger charge is -2.43.